The van der Waals surface area contributed by atoms with E-state index in [2.05, 4.69) is 5.32 Å². The lowest BCUT2D eigenvalue weighted by atomic mass is 10.2. The van der Waals surface area contributed by atoms with E-state index in [1.807, 2.05) is 0 Å². The van der Waals surface area contributed by atoms with E-state index < -0.39 is 74.9 Å². The van der Waals surface area contributed by atoms with E-state index in [-0.39, 0.29) is 17.9 Å². The number of urea groups is 1. The van der Waals surface area contributed by atoms with Crippen molar-refractivity contribution in [2.75, 3.05) is 13.1 Å². The summed E-state index contributed by atoms with van der Waals surface area (Å²) in [5.74, 6) is -1.67. The lowest BCUT2D eigenvalue weighted by Gasteiger charge is -2.28. The van der Waals surface area contributed by atoms with E-state index in [1.54, 1.807) is 6.07 Å². The molecule has 1 aromatic rings. The fourth-order valence-electron chi connectivity index (χ4n) is 3.32. The summed E-state index contributed by atoms with van der Waals surface area (Å²) in [6, 6.07) is 3.82. The van der Waals surface area contributed by atoms with Gasteiger partial charge in [0.05, 0.1) is 29.6 Å². The van der Waals surface area contributed by atoms with Crippen LogP contribution in [0.3, 0.4) is 0 Å². The van der Waals surface area contributed by atoms with E-state index in [9.17, 15) is 44.3 Å². The van der Waals surface area contributed by atoms with Crippen molar-refractivity contribution < 1.29 is 44.3 Å². The van der Waals surface area contributed by atoms with Gasteiger partial charge in [0.1, 0.15) is 17.2 Å². The molecular weight excluding hydrogens is 482 g/mol. The van der Waals surface area contributed by atoms with Crippen LogP contribution < -0.4 is 5.32 Å². The van der Waals surface area contributed by atoms with Gasteiger partial charge in [-0.3, -0.25) is 4.79 Å². The molecule has 1 atom stereocenters. The maximum atomic E-state index is 13.3. The third kappa shape index (κ3) is 5.15. The SMILES string of the molecule is N#CC1(NC(=O)N2C[C@@H](S(=O)(=O)c3ccccc3C(F)(F)F)CN2C(=O)CC(F)(F)F)CC1. The van der Waals surface area contributed by atoms with Gasteiger partial charge in [-0.05, 0) is 25.0 Å². The molecular formula is C18H16F6N4O4S. The molecule has 1 saturated heterocycles. The van der Waals surface area contributed by atoms with Crippen LogP contribution in [0.15, 0.2) is 29.2 Å². The van der Waals surface area contributed by atoms with Gasteiger partial charge >= 0.3 is 18.4 Å². The zero-order chi connectivity index (χ0) is 24.8. The predicted molar refractivity (Wildman–Crippen MR) is 97.6 cm³/mol. The van der Waals surface area contributed by atoms with Crippen LogP contribution >= 0.6 is 0 Å². The Kier molecular flexibility index (Phi) is 6.03. The van der Waals surface area contributed by atoms with Crippen molar-refractivity contribution >= 4 is 21.8 Å². The molecule has 3 rings (SSSR count). The molecule has 2 aliphatic rings. The molecule has 1 N–H and O–H groups in total. The molecule has 0 bridgehead atoms. The smallest absolute Gasteiger partial charge is 0.318 e. The number of nitrogens with one attached hydrogen (secondary N) is 1. The Balaban J connectivity index is 1.95. The van der Waals surface area contributed by atoms with Crippen LogP contribution in [0.25, 0.3) is 0 Å². The van der Waals surface area contributed by atoms with Gasteiger partial charge in [0.25, 0.3) is 0 Å². The molecule has 0 spiro atoms. The summed E-state index contributed by atoms with van der Waals surface area (Å²) in [5.41, 5.74) is -2.78. The molecule has 2 fully saturated rings. The van der Waals surface area contributed by atoms with Crippen molar-refractivity contribution in [3.05, 3.63) is 29.8 Å². The number of halogens is 6. The van der Waals surface area contributed by atoms with E-state index in [0.29, 0.717) is 17.1 Å². The van der Waals surface area contributed by atoms with Crippen LogP contribution in [-0.2, 0) is 20.8 Å². The first-order chi connectivity index (χ1) is 15.1. The second-order valence-corrected chi connectivity index (χ2v) is 9.83. The van der Waals surface area contributed by atoms with Gasteiger partial charge in [-0.15, -0.1) is 0 Å². The number of rotatable bonds is 4. The predicted octanol–water partition coefficient (Wildman–Crippen LogP) is 2.63. The molecule has 1 aliphatic carbocycles. The Morgan fingerprint density at radius 3 is 2.18 bits per heavy atom. The zero-order valence-electron chi connectivity index (χ0n) is 16.6. The molecule has 1 heterocycles. The average molecular weight is 498 g/mol. The van der Waals surface area contributed by atoms with Gasteiger partial charge in [-0.25, -0.2) is 23.2 Å². The molecule has 0 aromatic heterocycles. The van der Waals surface area contributed by atoms with E-state index in [1.165, 1.54) is 0 Å². The minimum Gasteiger partial charge on any atom is -0.318 e. The topological polar surface area (TPSA) is 111 Å². The summed E-state index contributed by atoms with van der Waals surface area (Å²) >= 11 is 0. The van der Waals surface area contributed by atoms with Crippen molar-refractivity contribution in [1.29, 1.82) is 5.26 Å². The third-order valence-corrected chi connectivity index (χ3v) is 7.31. The first-order valence-corrected chi connectivity index (χ1v) is 10.9. The minimum absolute atomic E-state index is 0.236. The van der Waals surface area contributed by atoms with Crippen LogP contribution in [-0.4, -0.2) is 60.4 Å². The number of sulfone groups is 1. The van der Waals surface area contributed by atoms with Gasteiger partial charge in [0, 0.05) is 0 Å². The molecule has 1 aromatic carbocycles. The van der Waals surface area contributed by atoms with Gasteiger partial charge in [0.15, 0.2) is 9.84 Å². The van der Waals surface area contributed by atoms with Crippen molar-refractivity contribution in [3.63, 3.8) is 0 Å². The van der Waals surface area contributed by atoms with Crippen LogP contribution in [0.4, 0.5) is 31.1 Å². The number of nitriles is 1. The fraction of sp³-hybridized carbons (Fsp3) is 0.500. The zero-order valence-corrected chi connectivity index (χ0v) is 17.4. The summed E-state index contributed by atoms with van der Waals surface area (Å²) in [6.07, 6.45) is -11.6. The highest BCUT2D eigenvalue weighted by Crippen LogP contribution is 2.38. The Bertz CT molecular complexity index is 1110. The van der Waals surface area contributed by atoms with Gasteiger partial charge < -0.3 is 5.32 Å². The summed E-state index contributed by atoms with van der Waals surface area (Å²) < 4.78 is 104. The van der Waals surface area contributed by atoms with Gasteiger partial charge in [-0.1, -0.05) is 12.1 Å². The first kappa shape index (κ1) is 24.6. The number of alkyl halides is 6. The largest absolute Gasteiger partial charge is 0.417 e. The second kappa shape index (κ2) is 8.08. The molecule has 8 nitrogen and oxygen atoms in total. The summed E-state index contributed by atoms with van der Waals surface area (Å²) in [5, 5.41) is 10.1. The molecule has 1 saturated carbocycles. The quantitative estimate of drug-likeness (QED) is 0.642. The maximum Gasteiger partial charge on any atom is 0.417 e. The highest BCUT2D eigenvalue weighted by molar-refractivity contribution is 7.92. The lowest BCUT2D eigenvalue weighted by molar-refractivity contribution is -0.168. The molecule has 0 radical (unpaired) electrons. The molecule has 33 heavy (non-hydrogen) atoms. The summed E-state index contributed by atoms with van der Waals surface area (Å²) in [7, 11) is -4.84. The number of nitrogens with zero attached hydrogens (tertiary/aromatic N) is 3. The molecule has 15 heteroatoms. The van der Waals surface area contributed by atoms with Crippen molar-refractivity contribution in [1.82, 2.24) is 15.3 Å². The summed E-state index contributed by atoms with van der Waals surface area (Å²) in [4.78, 5) is 23.7. The van der Waals surface area contributed by atoms with E-state index >= 15 is 0 Å². The molecule has 180 valence electrons. The maximum absolute atomic E-state index is 13.3. The van der Waals surface area contributed by atoms with E-state index in [0.717, 1.165) is 12.1 Å². The Morgan fingerprint density at radius 2 is 1.67 bits per heavy atom. The van der Waals surface area contributed by atoms with Crippen molar-refractivity contribution in [2.24, 2.45) is 0 Å². The standard InChI is InChI=1S/C18H16F6N4O4S/c19-17(20,21)7-14(29)27-8-11(9-28(27)15(30)26-16(10-25)5-6-16)33(31,32)13-4-2-1-3-12(13)18(22,23)24/h1-4,11H,5-9H2,(H,26,30)/t11-/m0/s1. The normalized spacial score (nSPS) is 20.3. The third-order valence-electron chi connectivity index (χ3n) is 5.17. The van der Waals surface area contributed by atoms with Crippen LogP contribution in [0.1, 0.15) is 24.8 Å². The highest BCUT2D eigenvalue weighted by Gasteiger charge is 2.51. The molecule has 3 amide bonds. The number of benzene rings is 1. The average Bonchev–Trinajstić information content (AvgIpc) is 3.31. The summed E-state index contributed by atoms with van der Waals surface area (Å²) in [6.45, 7) is -1.86. The Hall–Kier alpha value is -3.02. The van der Waals surface area contributed by atoms with Gasteiger partial charge in [-0.2, -0.15) is 31.6 Å². The van der Waals surface area contributed by atoms with Crippen LogP contribution in [0, 0.1) is 11.3 Å². The second-order valence-electron chi connectivity index (χ2n) is 7.63. The number of carbonyl (C=O) groups is 2. The lowest BCUT2D eigenvalue weighted by Crippen LogP contribution is -2.52. The monoisotopic (exact) mass is 498 g/mol. The van der Waals surface area contributed by atoms with Crippen molar-refractivity contribution in [3.8, 4) is 6.07 Å². The Labute approximate surface area is 183 Å². The van der Waals surface area contributed by atoms with Crippen LogP contribution in [0.5, 0.6) is 0 Å². The number of hydrazine groups is 1. The molecule has 0 unspecified atom stereocenters. The van der Waals surface area contributed by atoms with Gasteiger partial charge in [0.2, 0.25) is 5.91 Å². The van der Waals surface area contributed by atoms with E-state index in [4.69, 9.17) is 5.26 Å². The minimum atomic E-state index is -5.05. The van der Waals surface area contributed by atoms with Crippen LogP contribution in [0.2, 0.25) is 0 Å². The fourth-order valence-corrected chi connectivity index (χ4v) is 5.11. The number of hydrogen-bond donors (Lipinski definition) is 1. The molecule has 1 aliphatic heterocycles. The number of carbonyl (C=O) groups excluding carboxylic acids is 2. The highest BCUT2D eigenvalue weighted by atomic mass is 32.2. The number of hydrogen-bond acceptors (Lipinski definition) is 5. The van der Waals surface area contributed by atoms with Crippen molar-refractivity contribution in [2.45, 2.75) is 47.3 Å². The number of amides is 3. The first-order valence-electron chi connectivity index (χ1n) is 9.38. The Morgan fingerprint density at radius 1 is 1.09 bits per heavy atom.